The fourth-order valence-corrected chi connectivity index (χ4v) is 3.05. The molecule has 3 aromatic rings. The Morgan fingerprint density at radius 2 is 0.973 bits per heavy atom. The van der Waals surface area contributed by atoms with Gasteiger partial charge in [-0.25, -0.2) is 0 Å². The lowest BCUT2D eigenvalue weighted by molar-refractivity contribution is -0.125. The summed E-state index contributed by atoms with van der Waals surface area (Å²) in [7, 11) is 3.10. The van der Waals surface area contributed by atoms with Crippen molar-refractivity contribution < 1.29 is 23.6 Å². The molecule has 0 spiro atoms. The van der Waals surface area contributed by atoms with Gasteiger partial charge in [-0.05, 0) is 59.4 Å². The first kappa shape index (κ1) is 26.3. The summed E-state index contributed by atoms with van der Waals surface area (Å²) in [6, 6.07) is 16.5. The average molecular weight is 497 g/mol. The lowest BCUT2D eigenvalue weighted by Gasteiger charge is -2.13. The molecule has 4 N–H and O–H groups in total. The van der Waals surface area contributed by atoms with E-state index < -0.39 is 23.4 Å². The number of carbonyl (C=O) groups excluding carboxylic acids is 4. The van der Waals surface area contributed by atoms with Crippen molar-refractivity contribution in [2.75, 3.05) is 25.6 Å². The Bertz CT molecular complexity index is 1340. The molecule has 0 bridgehead atoms. The third-order valence-corrected chi connectivity index (χ3v) is 5.11. The second-order valence-electron chi connectivity index (χ2n) is 8.13. The second kappa shape index (κ2) is 11.9. The standard InChI is InChI=1S/C28H24N4O5/c1-31(17-19-3-7-21(29)8-4-19)27(35)15-11-23(33)25-13-14-26(37-25)24(34)12-16-28(36)32(2)18-20-5-9-22(30)10-6-20/h3-10,13-14H,17-18,29-30H2,1-2H3. The number of ketones is 2. The highest BCUT2D eigenvalue weighted by molar-refractivity contribution is 6.13. The van der Waals surface area contributed by atoms with Crippen LogP contribution >= 0.6 is 0 Å². The number of carbonyl (C=O) groups is 4. The average Bonchev–Trinajstić information content (AvgIpc) is 3.38. The molecule has 2 amide bonds. The van der Waals surface area contributed by atoms with Gasteiger partial charge in [0.25, 0.3) is 23.4 Å². The molecule has 0 saturated carbocycles. The van der Waals surface area contributed by atoms with Crippen LogP contribution in [0.25, 0.3) is 0 Å². The Balaban J connectivity index is 1.56. The molecule has 2 aromatic carbocycles. The maximum Gasteiger partial charge on any atom is 0.298 e. The zero-order valence-corrected chi connectivity index (χ0v) is 20.3. The summed E-state index contributed by atoms with van der Waals surface area (Å²) in [5.41, 5.74) is 14.2. The van der Waals surface area contributed by atoms with Crippen molar-refractivity contribution in [2.24, 2.45) is 0 Å². The van der Waals surface area contributed by atoms with Gasteiger partial charge in [0.2, 0.25) is 0 Å². The van der Waals surface area contributed by atoms with Crippen LogP contribution in [0.15, 0.2) is 65.1 Å². The van der Waals surface area contributed by atoms with Crippen LogP contribution in [0.2, 0.25) is 0 Å². The van der Waals surface area contributed by atoms with Crippen LogP contribution in [0.5, 0.6) is 0 Å². The molecule has 1 aromatic heterocycles. The molecule has 3 rings (SSSR count). The molecule has 0 unspecified atom stereocenters. The van der Waals surface area contributed by atoms with E-state index in [1.165, 1.54) is 21.9 Å². The molecule has 1 heterocycles. The highest BCUT2D eigenvalue weighted by Gasteiger charge is 2.15. The van der Waals surface area contributed by atoms with E-state index in [1.807, 2.05) is 0 Å². The number of amides is 2. The Labute approximate surface area is 214 Å². The maximum atomic E-state index is 12.3. The Morgan fingerprint density at radius 1 is 0.622 bits per heavy atom. The van der Waals surface area contributed by atoms with Gasteiger partial charge in [0, 0.05) is 50.4 Å². The van der Waals surface area contributed by atoms with Gasteiger partial charge in [0.15, 0.2) is 11.5 Å². The van der Waals surface area contributed by atoms with Crippen molar-refractivity contribution in [3.63, 3.8) is 0 Å². The summed E-state index contributed by atoms with van der Waals surface area (Å²) < 4.78 is 5.23. The summed E-state index contributed by atoms with van der Waals surface area (Å²) in [5.74, 6) is 5.80. The van der Waals surface area contributed by atoms with Crippen molar-refractivity contribution >= 4 is 34.8 Å². The zero-order valence-electron chi connectivity index (χ0n) is 20.3. The minimum Gasteiger partial charge on any atom is -0.448 e. The van der Waals surface area contributed by atoms with Gasteiger partial charge in [-0.3, -0.25) is 19.2 Å². The lowest BCUT2D eigenvalue weighted by Crippen LogP contribution is -2.24. The third-order valence-electron chi connectivity index (χ3n) is 5.11. The number of hydrogen-bond donors (Lipinski definition) is 2. The number of anilines is 2. The van der Waals surface area contributed by atoms with Gasteiger partial charge in [0.1, 0.15) is 0 Å². The quantitative estimate of drug-likeness (QED) is 0.231. The van der Waals surface area contributed by atoms with Gasteiger partial charge in [-0.2, -0.15) is 0 Å². The molecule has 0 aliphatic heterocycles. The van der Waals surface area contributed by atoms with Gasteiger partial charge in [0.05, 0.1) is 0 Å². The minimum atomic E-state index is -0.777. The molecule has 0 aliphatic carbocycles. The molecule has 0 radical (unpaired) electrons. The summed E-state index contributed by atoms with van der Waals surface area (Å²) in [6.45, 7) is 0.571. The van der Waals surface area contributed by atoms with Crippen LogP contribution in [0, 0.1) is 23.7 Å². The number of rotatable bonds is 6. The van der Waals surface area contributed by atoms with Crippen molar-refractivity contribution in [1.29, 1.82) is 0 Å². The lowest BCUT2D eigenvalue weighted by atomic mass is 10.2. The van der Waals surface area contributed by atoms with E-state index in [0.29, 0.717) is 11.4 Å². The molecule has 186 valence electrons. The molecule has 9 nitrogen and oxygen atoms in total. The van der Waals surface area contributed by atoms with Crippen molar-refractivity contribution in [2.45, 2.75) is 13.1 Å². The smallest absolute Gasteiger partial charge is 0.298 e. The number of nitrogen functional groups attached to an aromatic ring is 2. The minimum absolute atomic E-state index is 0.224. The van der Waals surface area contributed by atoms with E-state index in [-0.39, 0.29) is 24.6 Å². The topological polar surface area (TPSA) is 140 Å². The molecule has 0 fully saturated rings. The van der Waals surface area contributed by atoms with Gasteiger partial charge in [-0.15, -0.1) is 0 Å². The fourth-order valence-electron chi connectivity index (χ4n) is 3.05. The van der Waals surface area contributed by atoms with Crippen LogP contribution in [-0.2, 0) is 22.7 Å². The summed E-state index contributed by atoms with van der Waals surface area (Å²) in [5, 5.41) is 0. The van der Waals surface area contributed by atoms with E-state index in [2.05, 4.69) is 23.7 Å². The van der Waals surface area contributed by atoms with E-state index in [1.54, 1.807) is 62.6 Å². The number of nitrogens with two attached hydrogens (primary N) is 2. The largest absolute Gasteiger partial charge is 0.448 e. The first-order valence-corrected chi connectivity index (χ1v) is 11.0. The Morgan fingerprint density at radius 3 is 1.32 bits per heavy atom. The second-order valence-corrected chi connectivity index (χ2v) is 8.13. The zero-order chi connectivity index (χ0) is 26.9. The van der Waals surface area contributed by atoms with E-state index in [9.17, 15) is 19.2 Å². The van der Waals surface area contributed by atoms with E-state index >= 15 is 0 Å². The molecular weight excluding hydrogens is 472 g/mol. The number of benzene rings is 2. The first-order chi connectivity index (χ1) is 17.6. The number of Topliss-reactive ketones (excluding diaryl/α,β-unsaturated/α-hetero) is 2. The Hall–Kier alpha value is -5.28. The molecule has 37 heavy (non-hydrogen) atoms. The van der Waals surface area contributed by atoms with Gasteiger partial charge >= 0.3 is 0 Å². The summed E-state index contributed by atoms with van der Waals surface area (Å²) >= 11 is 0. The normalized spacial score (nSPS) is 9.78. The van der Waals surface area contributed by atoms with Crippen LogP contribution in [0.3, 0.4) is 0 Å². The highest BCUT2D eigenvalue weighted by atomic mass is 16.4. The number of furan rings is 1. The highest BCUT2D eigenvalue weighted by Crippen LogP contribution is 2.11. The third kappa shape index (κ3) is 7.61. The predicted molar refractivity (Wildman–Crippen MR) is 138 cm³/mol. The molecule has 0 aliphatic rings. The van der Waals surface area contributed by atoms with Crippen molar-refractivity contribution in [3.8, 4) is 23.7 Å². The van der Waals surface area contributed by atoms with Crippen LogP contribution < -0.4 is 11.5 Å². The Kier molecular flexibility index (Phi) is 8.48. The number of hydrogen-bond acceptors (Lipinski definition) is 7. The molecule has 9 heteroatoms. The SMILES string of the molecule is CN(Cc1ccc(N)cc1)C(=O)C#CC(=O)c1ccc(C(=O)C#CC(=O)N(C)Cc2ccc(N)cc2)o1. The van der Waals surface area contributed by atoms with Crippen LogP contribution in [0.1, 0.15) is 32.2 Å². The monoisotopic (exact) mass is 496 g/mol. The van der Waals surface area contributed by atoms with Crippen LogP contribution in [-0.4, -0.2) is 47.3 Å². The molecular formula is C28H24N4O5. The van der Waals surface area contributed by atoms with Gasteiger partial charge < -0.3 is 25.7 Å². The number of nitrogens with zero attached hydrogens (tertiary/aromatic N) is 2. The van der Waals surface area contributed by atoms with Crippen LogP contribution in [0.4, 0.5) is 11.4 Å². The van der Waals surface area contributed by atoms with Crippen molar-refractivity contribution in [3.05, 3.63) is 83.3 Å². The molecule has 0 atom stereocenters. The first-order valence-electron chi connectivity index (χ1n) is 11.0. The fraction of sp³-hybridized carbons (Fsp3) is 0.143. The summed E-state index contributed by atoms with van der Waals surface area (Å²) in [6.07, 6.45) is 0. The summed E-state index contributed by atoms with van der Waals surface area (Å²) in [4.78, 5) is 51.7. The maximum absolute atomic E-state index is 12.3. The van der Waals surface area contributed by atoms with E-state index in [0.717, 1.165) is 11.1 Å². The predicted octanol–water partition coefficient (Wildman–Crippen LogP) is 2.13. The van der Waals surface area contributed by atoms with E-state index in [4.69, 9.17) is 15.9 Å². The van der Waals surface area contributed by atoms with Crippen molar-refractivity contribution in [1.82, 2.24) is 9.80 Å². The van der Waals surface area contributed by atoms with Gasteiger partial charge in [-0.1, -0.05) is 24.3 Å². The molecule has 0 saturated heterocycles.